The highest BCUT2D eigenvalue weighted by molar-refractivity contribution is 5.89. The number of amides is 2. The summed E-state index contributed by atoms with van der Waals surface area (Å²) in [4.78, 5) is 12.0. The summed E-state index contributed by atoms with van der Waals surface area (Å²) in [5.41, 5.74) is 1.79. The molecule has 0 saturated heterocycles. The number of carbonyl (C=O) groups is 1. The molecule has 1 aliphatic carbocycles. The van der Waals surface area contributed by atoms with Gasteiger partial charge in [0.2, 0.25) is 0 Å². The first-order valence-corrected chi connectivity index (χ1v) is 7.46. The molecule has 1 aromatic carbocycles. The maximum atomic E-state index is 12.0. The third-order valence-electron chi connectivity index (χ3n) is 4.35. The number of anilines is 1. The van der Waals surface area contributed by atoms with Gasteiger partial charge in [-0.15, -0.1) is 0 Å². The van der Waals surface area contributed by atoms with Crippen molar-refractivity contribution in [2.75, 3.05) is 26.0 Å². The number of carbonyl (C=O) groups excluding carboxylic acids is 1. The Morgan fingerprint density at radius 2 is 2.19 bits per heavy atom. The molecule has 21 heavy (non-hydrogen) atoms. The number of ether oxygens (including phenoxy) is 1. The van der Waals surface area contributed by atoms with Crippen LogP contribution in [0.3, 0.4) is 0 Å². The zero-order valence-electron chi connectivity index (χ0n) is 13.0. The van der Waals surface area contributed by atoms with Crippen LogP contribution in [-0.2, 0) is 4.74 Å². The van der Waals surface area contributed by atoms with Gasteiger partial charge in [0.25, 0.3) is 0 Å². The average molecular weight is 291 g/mol. The summed E-state index contributed by atoms with van der Waals surface area (Å²) in [5.74, 6) is 0. The van der Waals surface area contributed by atoms with Crippen LogP contribution < -0.4 is 16.0 Å². The van der Waals surface area contributed by atoms with Gasteiger partial charge in [0.15, 0.2) is 0 Å². The maximum absolute atomic E-state index is 12.0. The van der Waals surface area contributed by atoms with Crippen molar-refractivity contribution in [2.24, 2.45) is 0 Å². The summed E-state index contributed by atoms with van der Waals surface area (Å²) in [6.45, 7) is 2.64. The van der Waals surface area contributed by atoms with Crippen molar-refractivity contribution in [3.63, 3.8) is 0 Å². The van der Waals surface area contributed by atoms with E-state index in [-0.39, 0.29) is 17.7 Å². The molecule has 0 spiro atoms. The van der Waals surface area contributed by atoms with E-state index in [1.165, 1.54) is 6.42 Å². The summed E-state index contributed by atoms with van der Waals surface area (Å²) < 4.78 is 5.49. The second-order valence-electron chi connectivity index (χ2n) is 5.68. The van der Waals surface area contributed by atoms with Crippen LogP contribution in [0.2, 0.25) is 0 Å². The van der Waals surface area contributed by atoms with Crippen LogP contribution in [0.15, 0.2) is 24.3 Å². The van der Waals surface area contributed by atoms with Gasteiger partial charge in [0.1, 0.15) is 0 Å². The minimum absolute atomic E-state index is 0.153. The van der Waals surface area contributed by atoms with Crippen molar-refractivity contribution in [1.82, 2.24) is 10.6 Å². The van der Waals surface area contributed by atoms with Gasteiger partial charge in [-0.25, -0.2) is 4.79 Å². The lowest BCUT2D eigenvalue weighted by atomic mass is 9.80. The number of hydrogen-bond donors (Lipinski definition) is 3. The molecule has 1 aliphatic rings. The molecule has 2 amide bonds. The Balaban J connectivity index is 1.87. The monoisotopic (exact) mass is 291 g/mol. The van der Waals surface area contributed by atoms with Gasteiger partial charge < -0.3 is 20.7 Å². The fourth-order valence-electron chi connectivity index (χ4n) is 2.49. The molecule has 1 atom stereocenters. The van der Waals surface area contributed by atoms with Crippen LogP contribution in [-0.4, -0.2) is 32.3 Å². The number of nitrogens with one attached hydrogen (secondary N) is 3. The molecule has 0 heterocycles. The number of rotatable bonds is 6. The van der Waals surface area contributed by atoms with Gasteiger partial charge in [-0.05, 0) is 50.9 Å². The van der Waals surface area contributed by atoms with E-state index in [9.17, 15) is 4.79 Å². The van der Waals surface area contributed by atoms with Gasteiger partial charge >= 0.3 is 6.03 Å². The Morgan fingerprint density at radius 1 is 1.43 bits per heavy atom. The Hall–Kier alpha value is -1.59. The van der Waals surface area contributed by atoms with E-state index in [4.69, 9.17) is 4.74 Å². The van der Waals surface area contributed by atoms with E-state index in [2.05, 4.69) is 22.9 Å². The molecule has 0 aromatic heterocycles. The van der Waals surface area contributed by atoms with E-state index in [1.807, 2.05) is 31.3 Å². The zero-order valence-corrected chi connectivity index (χ0v) is 13.0. The highest BCUT2D eigenvalue weighted by Gasteiger charge is 2.37. The smallest absolute Gasteiger partial charge is 0.319 e. The van der Waals surface area contributed by atoms with Crippen LogP contribution in [0.5, 0.6) is 0 Å². The third kappa shape index (κ3) is 3.95. The number of hydrogen-bond acceptors (Lipinski definition) is 3. The molecule has 5 heteroatoms. The van der Waals surface area contributed by atoms with Crippen molar-refractivity contribution in [3.8, 4) is 0 Å². The summed E-state index contributed by atoms with van der Waals surface area (Å²) in [6, 6.07) is 7.92. The average Bonchev–Trinajstić information content (AvgIpc) is 2.46. The van der Waals surface area contributed by atoms with Crippen molar-refractivity contribution in [3.05, 3.63) is 29.8 Å². The molecule has 0 aliphatic heterocycles. The predicted molar refractivity (Wildman–Crippen MR) is 84.5 cm³/mol. The molecule has 0 bridgehead atoms. The number of benzene rings is 1. The van der Waals surface area contributed by atoms with Gasteiger partial charge in [-0.2, -0.15) is 0 Å². The van der Waals surface area contributed by atoms with Gasteiger partial charge in [0, 0.05) is 25.4 Å². The minimum atomic E-state index is -0.187. The van der Waals surface area contributed by atoms with E-state index in [0.29, 0.717) is 6.54 Å². The largest absolute Gasteiger partial charge is 0.376 e. The minimum Gasteiger partial charge on any atom is -0.376 e. The predicted octanol–water partition coefficient (Wildman–Crippen LogP) is 2.66. The molecule has 0 radical (unpaired) electrons. The lowest BCUT2D eigenvalue weighted by Gasteiger charge is -2.40. The van der Waals surface area contributed by atoms with Crippen LogP contribution >= 0.6 is 0 Å². The van der Waals surface area contributed by atoms with E-state index >= 15 is 0 Å². The summed E-state index contributed by atoms with van der Waals surface area (Å²) >= 11 is 0. The quantitative estimate of drug-likeness (QED) is 0.755. The first-order valence-electron chi connectivity index (χ1n) is 7.46. The standard InChI is InChI=1S/C16H25N3O2/c1-12(17-2)13-6-4-7-14(10-13)19-15(20)18-11-16(21-3)8-5-9-16/h4,6-7,10,12,17H,5,8-9,11H2,1-3H3,(H2,18,19,20). The normalized spacial score (nSPS) is 17.7. The fraction of sp³-hybridized carbons (Fsp3) is 0.562. The number of methoxy groups -OCH3 is 1. The summed E-state index contributed by atoms with van der Waals surface area (Å²) in [7, 11) is 3.63. The third-order valence-corrected chi connectivity index (χ3v) is 4.35. The second-order valence-corrected chi connectivity index (χ2v) is 5.68. The van der Waals surface area contributed by atoms with E-state index in [0.717, 1.165) is 24.1 Å². The molecular weight excluding hydrogens is 266 g/mol. The highest BCUT2D eigenvalue weighted by atomic mass is 16.5. The fourth-order valence-corrected chi connectivity index (χ4v) is 2.49. The Morgan fingerprint density at radius 3 is 2.76 bits per heavy atom. The molecule has 116 valence electrons. The second kappa shape index (κ2) is 6.91. The lowest BCUT2D eigenvalue weighted by molar-refractivity contribution is -0.0671. The van der Waals surface area contributed by atoms with Crippen LogP contribution in [0.4, 0.5) is 10.5 Å². The van der Waals surface area contributed by atoms with Crippen molar-refractivity contribution >= 4 is 11.7 Å². The number of urea groups is 1. The zero-order chi connectivity index (χ0) is 15.3. The summed E-state index contributed by atoms with van der Waals surface area (Å²) in [6.07, 6.45) is 3.19. The molecular formula is C16H25N3O2. The molecule has 1 fully saturated rings. The van der Waals surface area contributed by atoms with Gasteiger partial charge in [0.05, 0.1) is 5.60 Å². The Kier molecular flexibility index (Phi) is 5.20. The Bertz CT molecular complexity index is 481. The molecule has 1 saturated carbocycles. The van der Waals surface area contributed by atoms with E-state index < -0.39 is 0 Å². The highest BCUT2D eigenvalue weighted by Crippen LogP contribution is 2.34. The first-order chi connectivity index (χ1) is 10.1. The van der Waals surface area contributed by atoms with Gasteiger partial charge in [-0.1, -0.05) is 12.1 Å². The van der Waals surface area contributed by atoms with Crippen LogP contribution in [0, 0.1) is 0 Å². The lowest BCUT2D eigenvalue weighted by Crippen LogP contribution is -2.50. The van der Waals surface area contributed by atoms with Crippen LogP contribution in [0.25, 0.3) is 0 Å². The summed E-state index contributed by atoms with van der Waals surface area (Å²) in [5, 5.41) is 8.95. The van der Waals surface area contributed by atoms with Gasteiger partial charge in [-0.3, -0.25) is 0 Å². The molecule has 1 aromatic rings. The van der Waals surface area contributed by atoms with Crippen LogP contribution in [0.1, 0.15) is 37.8 Å². The van der Waals surface area contributed by atoms with Crippen molar-refractivity contribution in [1.29, 1.82) is 0 Å². The topological polar surface area (TPSA) is 62.4 Å². The van der Waals surface area contributed by atoms with Crippen molar-refractivity contribution < 1.29 is 9.53 Å². The van der Waals surface area contributed by atoms with E-state index in [1.54, 1.807) is 7.11 Å². The maximum Gasteiger partial charge on any atom is 0.319 e. The molecule has 5 nitrogen and oxygen atoms in total. The molecule has 2 rings (SSSR count). The SMILES string of the molecule is CNC(C)c1cccc(NC(=O)NCC2(OC)CCC2)c1. The first kappa shape index (κ1) is 15.8. The van der Waals surface area contributed by atoms with Crippen molar-refractivity contribution in [2.45, 2.75) is 37.8 Å². The molecule has 1 unspecified atom stereocenters. The Labute approximate surface area is 126 Å². The molecule has 3 N–H and O–H groups in total.